The Morgan fingerprint density at radius 1 is 1.04 bits per heavy atom. The molecular formula is C21H18N2OS. The van der Waals surface area contributed by atoms with Crippen LogP contribution in [0.25, 0.3) is 21.3 Å². The number of benzene rings is 2. The highest BCUT2D eigenvalue weighted by Gasteiger charge is 2.16. The first kappa shape index (κ1) is 15.8. The zero-order chi connectivity index (χ0) is 17.4. The molecule has 0 aliphatic rings. The molecular weight excluding hydrogens is 328 g/mol. The van der Waals surface area contributed by atoms with Crippen LogP contribution in [0, 0.1) is 13.8 Å². The van der Waals surface area contributed by atoms with Crippen LogP contribution in [0.3, 0.4) is 0 Å². The van der Waals surface area contributed by atoms with Gasteiger partial charge in [-0.15, -0.1) is 11.3 Å². The monoisotopic (exact) mass is 346 g/mol. The fourth-order valence-electron chi connectivity index (χ4n) is 3.21. The quantitative estimate of drug-likeness (QED) is 0.534. The average Bonchev–Trinajstić information content (AvgIpc) is 2.95. The minimum atomic E-state index is 0.0229. The molecule has 0 spiro atoms. The number of hydrogen-bond donors (Lipinski definition) is 0. The zero-order valence-corrected chi connectivity index (χ0v) is 15.0. The predicted octanol–water partition coefficient (Wildman–Crippen LogP) is 4.79. The van der Waals surface area contributed by atoms with Crippen molar-refractivity contribution in [1.29, 1.82) is 0 Å². The largest absolute Gasteiger partial charge is 0.294 e. The number of aromatic nitrogens is 2. The summed E-state index contributed by atoms with van der Waals surface area (Å²) >= 11 is 1.58. The van der Waals surface area contributed by atoms with Gasteiger partial charge in [0.15, 0.2) is 0 Å². The van der Waals surface area contributed by atoms with Gasteiger partial charge in [0.1, 0.15) is 4.83 Å². The van der Waals surface area contributed by atoms with E-state index in [-0.39, 0.29) is 5.56 Å². The summed E-state index contributed by atoms with van der Waals surface area (Å²) in [7, 11) is 0. The smallest absolute Gasteiger partial charge is 0.263 e. The molecule has 2 heterocycles. The van der Waals surface area contributed by atoms with E-state index in [0.29, 0.717) is 6.54 Å². The molecule has 4 rings (SSSR count). The van der Waals surface area contributed by atoms with Gasteiger partial charge in [0.2, 0.25) is 0 Å². The first-order valence-corrected chi connectivity index (χ1v) is 9.04. The van der Waals surface area contributed by atoms with Crippen LogP contribution < -0.4 is 5.56 Å². The second kappa shape index (κ2) is 6.30. The lowest BCUT2D eigenvalue weighted by atomic mass is 10.0. The lowest BCUT2D eigenvalue weighted by Gasteiger charge is -2.07. The Bertz CT molecular complexity index is 1110. The van der Waals surface area contributed by atoms with E-state index in [9.17, 15) is 4.79 Å². The molecule has 4 aromatic rings. The van der Waals surface area contributed by atoms with Crippen molar-refractivity contribution in [2.45, 2.75) is 20.4 Å². The molecule has 0 aliphatic carbocycles. The van der Waals surface area contributed by atoms with Gasteiger partial charge in [-0.05, 0) is 25.0 Å². The molecule has 0 aliphatic heterocycles. The van der Waals surface area contributed by atoms with E-state index >= 15 is 0 Å². The number of aryl methyl sites for hydroxylation is 2. The van der Waals surface area contributed by atoms with Crippen molar-refractivity contribution in [3.8, 4) is 11.1 Å². The van der Waals surface area contributed by atoms with Crippen molar-refractivity contribution in [3.05, 3.63) is 87.3 Å². The highest BCUT2D eigenvalue weighted by molar-refractivity contribution is 7.19. The Morgan fingerprint density at radius 3 is 2.60 bits per heavy atom. The van der Waals surface area contributed by atoms with E-state index in [4.69, 9.17) is 0 Å². The van der Waals surface area contributed by atoms with Gasteiger partial charge in [-0.25, -0.2) is 4.98 Å². The van der Waals surface area contributed by atoms with Crippen molar-refractivity contribution < 1.29 is 0 Å². The zero-order valence-electron chi connectivity index (χ0n) is 14.2. The molecule has 2 aromatic heterocycles. The van der Waals surface area contributed by atoms with E-state index in [0.717, 1.165) is 31.8 Å². The lowest BCUT2D eigenvalue weighted by molar-refractivity contribution is 0.749. The highest BCUT2D eigenvalue weighted by atomic mass is 32.1. The fraction of sp³-hybridized carbons (Fsp3) is 0.143. The molecule has 0 bridgehead atoms. The fourth-order valence-corrected chi connectivity index (χ4v) is 4.21. The summed E-state index contributed by atoms with van der Waals surface area (Å²) in [6, 6.07) is 18.3. The van der Waals surface area contributed by atoms with Gasteiger partial charge in [0.05, 0.1) is 18.3 Å². The standard InChI is InChI=1S/C21H18N2OS/c1-14-7-6-8-16(11-14)12-23-13-22-20-19(21(23)24)18(15(2)25-20)17-9-4-3-5-10-17/h3-11,13H,12H2,1-2H3. The van der Waals surface area contributed by atoms with E-state index in [1.54, 1.807) is 22.2 Å². The molecule has 0 radical (unpaired) electrons. The summed E-state index contributed by atoms with van der Waals surface area (Å²) in [5.41, 5.74) is 4.40. The summed E-state index contributed by atoms with van der Waals surface area (Å²) in [5.74, 6) is 0. The Kier molecular flexibility index (Phi) is 3.98. The van der Waals surface area contributed by atoms with Crippen LogP contribution in [0.2, 0.25) is 0 Å². The second-order valence-electron chi connectivity index (χ2n) is 6.25. The Balaban J connectivity index is 1.89. The molecule has 2 aromatic carbocycles. The molecule has 124 valence electrons. The van der Waals surface area contributed by atoms with Crippen molar-refractivity contribution in [1.82, 2.24) is 9.55 Å². The molecule has 3 nitrogen and oxygen atoms in total. The second-order valence-corrected chi connectivity index (χ2v) is 7.45. The van der Waals surface area contributed by atoms with Crippen molar-refractivity contribution >= 4 is 21.6 Å². The number of hydrogen-bond acceptors (Lipinski definition) is 3. The van der Waals surface area contributed by atoms with E-state index in [1.165, 1.54) is 5.56 Å². The van der Waals surface area contributed by atoms with Crippen LogP contribution in [0.5, 0.6) is 0 Å². The third-order valence-electron chi connectivity index (χ3n) is 4.35. The minimum absolute atomic E-state index is 0.0229. The van der Waals surface area contributed by atoms with Gasteiger partial charge in [0, 0.05) is 10.4 Å². The molecule has 0 saturated carbocycles. The summed E-state index contributed by atoms with van der Waals surface area (Å²) in [4.78, 5) is 19.6. The maximum atomic E-state index is 13.2. The first-order valence-electron chi connectivity index (χ1n) is 8.23. The van der Waals surface area contributed by atoms with E-state index in [2.05, 4.69) is 31.0 Å². The van der Waals surface area contributed by atoms with Crippen LogP contribution in [0.15, 0.2) is 65.7 Å². The Morgan fingerprint density at radius 2 is 1.84 bits per heavy atom. The number of fused-ring (bicyclic) bond motifs is 1. The summed E-state index contributed by atoms with van der Waals surface area (Å²) in [5, 5.41) is 0.726. The van der Waals surface area contributed by atoms with Gasteiger partial charge < -0.3 is 0 Å². The highest BCUT2D eigenvalue weighted by Crippen LogP contribution is 2.35. The summed E-state index contributed by atoms with van der Waals surface area (Å²) in [6.45, 7) is 4.65. The van der Waals surface area contributed by atoms with Gasteiger partial charge in [-0.2, -0.15) is 0 Å². The topological polar surface area (TPSA) is 34.9 Å². The Hall–Kier alpha value is -2.72. The van der Waals surface area contributed by atoms with Crippen LogP contribution in [0.1, 0.15) is 16.0 Å². The van der Waals surface area contributed by atoms with E-state index in [1.807, 2.05) is 42.5 Å². The Labute approximate surface area is 150 Å². The van der Waals surface area contributed by atoms with Crippen molar-refractivity contribution in [3.63, 3.8) is 0 Å². The van der Waals surface area contributed by atoms with Gasteiger partial charge >= 0.3 is 0 Å². The molecule has 0 fully saturated rings. The van der Waals surface area contributed by atoms with Crippen molar-refractivity contribution in [2.75, 3.05) is 0 Å². The molecule has 0 amide bonds. The third kappa shape index (κ3) is 2.89. The molecule has 25 heavy (non-hydrogen) atoms. The molecule has 0 saturated heterocycles. The van der Waals surface area contributed by atoms with Gasteiger partial charge in [-0.3, -0.25) is 9.36 Å². The maximum absolute atomic E-state index is 13.2. The minimum Gasteiger partial charge on any atom is -0.294 e. The lowest BCUT2D eigenvalue weighted by Crippen LogP contribution is -2.21. The first-order chi connectivity index (χ1) is 12.1. The number of thiophene rings is 1. The van der Waals surface area contributed by atoms with Crippen LogP contribution in [-0.2, 0) is 6.54 Å². The SMILES string of the molecule is Cc1cccc(Cn2cnc3sc(C)c(-c4ccccc4)c3c2=O)c1. The molecule has 0 unspecified atom stereocenters. The average molecular weight is 346 g/mol. The maximum Gasteiger partial charge on any atom is 0.263 e. The third-order valence-corrected chi connectivity index (χ3v) is 5.37. The van der Waals surface area contributed by atoms with Crippen LogP contribution in [-0.4, -0.2) is 9.55 Å². The summed E-state index contributed by atoms with van der Waals surface area (Å²) < 4.78 is 1.70. The van der Waals surface area contributed by atoms with Crippen molar-refractivity contribution in [2.24, 2.45) is 0 Å². The van der Waals surface area contributed by atoms with Gasteiger partial charge in [-0.1, -0.05) is 60.2 Å². The molecule has 0 N–H and O–H groups in total. The van der Waals surface area contributed by atoms with Crippen LogP contribution in [0.4, 0.5) is 0 Å². The van der Waals surface area contributed by atoms with Crippen LogP contribution >= 0.6 is 11.3 Å². The number of nitrogens with zero attached hydrogens (tertiary/aromatic N) is 2. The van der Waals surface area contributed by atoms with E-state index < -0.39 is 0 Å². The van der Waals surface area contributed by atoms with Gasteiger partial charge in [0.25, 0.3) is 5.56 Å². The summed E-state index contributed by atoms with van der Waals surface area (Å²) in [6.07, 6.45) is 1.66. The predicted molar refractivity (Wildman–Crippen MR) is 104 cm³/mol. The number of rotatable bonds is 3. The normalized spacial score (nSPS) is 11.1. The molecule has 4 heteroatoms. The molecule has 0 atom stereocenters.